The van der Waals surface area contributed by atoms with Crippen molar-refractivity contribution >= 4 is 18.3 Å². The number of carbonyl (C=O) groups excluding carboxylic acids is 1. The van der Waals surface area contributed by atoms with Gasteiger partial charge in [-0.15, -0.1) is 12.4 Å². The molecule has 0 aromatic heterocycles. The number of amides is 1. The third kappa shape index (κ3) is 3.15. The van der Waals surface area contributed by atoms with E-state index in [1.807, 2.05) is 6.92 Å². The van der Waals surface area contributed by atoms with E-state index in [1.165, 1.54) is 25.7 Å². The highest BCUT2D eigenvalue weighted by Crippen LogP contribution is 2.51. The van der Waals surface area contributed by atoms with Crippen LogP contribution in [-0.2, 0) is 9.53 Å². The van der Waals surface area contributed by atoms with E-state index in [-0.39, 0.29) is 29.8 Å². The van der Waals surface area contributed by atoms with E-state index in [1.54, 1.807) is 0 Å². The average Bonchev–Trinajstić information content (AvgIpc) is 3.32. The van der Waals surface area contributed by atoms with Crippen LogP contribution in [0.4, 0.5) is 0 Å². The molecule has 0 aromatic carbocycles. The van der Waals surface area contributed by atoms with E-state index < -0.39 is 5.54 Å². The van der Waals surface area contributed by atoms with Gasteiger partial charge in [-0.1, -0.05) is 13.8 Å². The van der Waals surface area contributed by atoms with Gasteiger partial charge in [0.15, 0.2) is 0 Å². The second-order valence-corrected chi connectivity index (χ2v) is 7.94. The number of carbonyl (C=O) groups is 1. The Labute approximate surface area is 140 Å². The molecular weight excluding hydrogens is 300 g/mol. The summed E-state index contributed by atoms with van der Waals surface area (Å²) in [5.41, 5.74) is 5.55. The van der Waals surface area contributed by atoms with Gasteiger partial charge in [-0.2, -0.15) is 0 Å². The lowest BCUT2D eigenvalue weighted by atomic mass is 9.54. The highest BCUT2D eigenvalue weighted by molar-refractivity contribution is 5.89. The molecule has 2 atom stereocenters. The van der Waals surface area contributed by atoms with E-state index in [0.29, 0.717) is 13.0 Å². The van der Waals surface area contributed by atoms with Crippen molar-refractivity contribution in [1.82, 2.24) is 4.90 Å². The van der Waals surface area contributed by atoms with E-state index in [9.17, 15) is 4.79 Å². The molecule has 3 rings (SSSR count). The topological polar surface area (TPSA) is 55.6 Å². The Morgan fingerprint density at radius 1 is 1.18 bits per heavy atom. The first-order valence-electron chi connectivity index (χ1n) is 8.58. The number of halogens is 1. The van der Waals surface area contributed by atoms with Crippen molar-refractivity contribution in [3.8, 4) is 0 Å². The summed E-state index contributed by atoms with van der Waals surface area (Å²) >= 11 is 0. The molecule has 2 N–H and O–H groups in total. The summed E-state index contributed by atoms with van der Waals surface area (Å²) in [4.78, 5) is 15.2. The van der Waals surface area contributed by atoms with Gasteiger partial charge in [0.05, 0.1) is 6.10 Å². The Bertz CT molecular complexity index is 407. The third-order valence-electron chi connectivity index (χ3n) is 5.85. The first kappa shape index (κ1) is 18.0. The number of hydrogen-bond acceptors (Lipinski definition) is 3. The molecule has 22 heavy (non-hydrogen) atoms. The van der Waals surface area contributed by atoms with Gasteiger partial charge in [-0.25, -0.2) is 0 Å². The minimum absolute atomic E-state index is 0. The van der Waals surface area contributed by atoms with Crippen LogP contribution in [-0.4, -0.2) is 42.1 Å². The van der Waals surface area contributed by atoms with Crippen molar-refractivity contribution in [1.29, 1.82) is 0 Å². The van der Waals surface area contributed by atoms with E-state index in [0.717, 1.165) is 24.9 Å². The van der Waals surface area contributed by atoms with E-state index >= 15 is 0 Å². The van der Waals surface area contributed by atoms with Crippen LogP contribution in [0.1, 0.15) is 52.9 Å². The Morgan fingerprint density at radius 2 is 1.68 bits per heavy atom. The van der Waals surface area contributed by atoms with Gasteiger partial charge in [-0.3, -0.25) is 4.79 Å². The lowest BCUT2D eigenvalue weighted by Gasteiger charge is -2.58. The van der Waals surface area contributed by atoms with Crippen LogP contribution in [0.5, 0.6) is 0 Å². The molecule has 128 valence electrons. The Balaban J connectivity index is 0.00000176. The predicted molar refractivity (Wildman–Crippen MR) is 90.0 cm³/mol. The molecule has 3 fully saturated rings. The van der Waals surface area contributed by atoms with E-state index in [2.05, 4.69) is 18.7 Å². The van der Waals surface area contributed by atoms with Crippen LogP contribution in [0.15, 0.2) is 0 Å². The van der Waals surface area contributed by atoms with Crippen molar-refractivity contribution in [3.05, 3.63) is 0 Å². The molecule has 0 heterocycles. The van der Waals surface area contributed by atoms with Crippen molar-refractivity contribution in [2.75, 3.05) is 19.7 Å². The third-order valence-corrected chi connectivity index (χ3v) is 5.85. The minimum atomic E-state index is -0.739. The quantitative estimate of drug-likeness (QED) is 0.780. The van der Waals surface area contributed by atoms with Crippen LogP contribution in [0.25, 0.3) is 0 Å². The summed E-state index contributed by atoms with van der Waals surface area (Å²) in [5.74, 6) is 1.62. The summed E-state index contributed by atoms with van der Waals surface area (Å²) in [5, 5.41) is 0. The zero-order valence-electron chi connectivity index (χ0n) is 14.1. The smallest absolute Gasteiger partial charge is 0.243 e. The molecule has 4 nitrogen and oxygen atoms in total. The van der Waals surface area contributed by atoms with Crippen molar-refractivity contribution in [2.24, 2.45) is 23.0 Å². The van der Waals surface area contributed by atoms with Gasteiger partial charge < -0.3 is 15.4 Å². The van der Waals surface area contributed by atoms with Gasteiger partial charge in [0.1, 0.15) is 5.54 Å². The van der Waals surface area contributed by atoms with Crippen LogP contribution in [0.2, 0.25) is 0 Å². The predicted octanol–water partition coefficient (Wildman–Crippen LogP) is 2.59. The summed E-state index contributed by atoms with van der Waals surface area (Å²) < 4.78 is 5.75. The SMILES string of the molecule is CCOC1CC(N)(C(=O)N(CC2CC2)CC2CC2)C1(C)C.Cl. The van der Waals surface area contributed by atoms with Gasteiger partial charge >= 0.3 is 0 Å². The number of hydrogen-bond donors (Lipinski definition) is 1. The van der Waals surface area contributed by atoms with Crippen molar-refractivity contribution in [2.45, 2.75) is 64.5 Å². The number of nitrogens with two attached hydrogens (primary N) is 1. The van der Waals surface area contributed by atoms with Gasteiger partial charge in [0.25, 0.3) is 0 Å². The summed E-state index contributed by atoms with van der Waals surface area (Å²) in [6, 6.07) is 0. The maximum atomic E-state index is 13.1. The normalized spacial score (nSPS) is 32.8. The molecule has 0 aromatic rings. The summed E-state index contributed by atoms with van der Waals surface area (Å²) in [6.45, 7) is 8.70. The molecule has 5 heteroatoms. The maximum absolute atomic E-state index is 13.1. The van der Waals surface area contributed by atoms with Crippen LogP contribution < -0.4 is 5.73 Å². The highest BCUT2D eigenvalue weighted by Gasteiger charge is 2.64. The molecule has 1 amide bonds. The van der Waals surface area contributed by atoms with Crippen LogP contribution in [0, 0.1) is 17.3 Å². The molecule has 2 unspecified atom stereocenters. The standard InChI is InChI=1S/C17H30N2O2.ClH/c1-4-21-14-9-17(18,16(14,2)3)15(20)19(10-12-5-6-12)11-13-7-8-13;/h12-14H,4-11,18H2,1-3H3;1H. The monoisotopic (exact) mass is 330 g/mol. The van der Waals surface area contributed by atoms with Gasteiger partial charge in [0, 0.05) is 31.5 Å². The fraction of sp³-hybridized carbons (Fsp3) is 0.941. The molecule has 0 radical (unpaired) electrons. The molecule has 0 bridgehead atoms. The highest BCUT2D eigenvalue weighted by atomic mass is 35.5. The molecule has 0 saturated heterocycles. The van der Waals surface area contributed by atoms with Gasteiger partial charge in [0.2, 0.25) is 5.91 Å². The molecule has 3 aliphatic carbocycles. The molecule has 0 spiro atoms. The fourth-order valence-electron chi connectivity index (χ4n) is 3.54. The van der Waals surface area contributed by atoms with Gasteiger partial charge in [-0.05, 0) is 44.4 Å². The lowest BCUT2D eigenvalue weighted by Crippen LogP contribution is -2.76. The largest absolute Gasteiger partial charge is 0.378 e. The molecule has 3 saturated carbocycles. The molecule has 0 aliphatic heterocycles. The molecule has 3 aliphatic rings. The first-order valence-corrected chi connectivity index (χ1v) is 8.58. The fourth-order valence-corrected chi connectivity index (χ4v) is 3.54. The lowest BCUT2D eigenvalue weighted by molar-refractivity contribution is -0.179. The Hall–Kier alpha value is -0.320. The second-order valence-electron chi connectivity index (χ2n) is 7.94. The number of ether oxygens (including phenoxy) is 1. The average molecular weight is 331 g/mol. The van der Waals surface area contributed by atoms with E-state index in [4.69, 9.17) is 10.5 Å². The Kier molecular flexibility index (Phi) is 5.15. The van der Waals surface area contributed by atoms with Crippen molar-refractivity contribution < 1.29 is 9.53 Å². The second kappa shape index (κ2) is 6.29. The Morgan fingerprint density at radius 3 is 2.05 bits per heavy atom. The number of rotatable bonds is 7. The summed E-state index contributed by atoms with van der Waals surface area (Å²) in [7, 11) is 0. The first-order chi connectivity index (χ1) is 9.88. The van der Waals surface area contributed by atoms with Crippen LogP contribution >= 0.6 is 12.4 Å². The molecular formula is C17H31ClN2O2. The van der Waals surface area contributed by atoms with Crippen LogP contribution in [0.3, 0.4) is 0 Å². The maximum Gasteiger partial charge on any atom is 0.243 e. The zero-order chi connectivity index (χ0) is 15.3. The number of nitrogens with zero attached hydrogens (tertiary/aromatic N) is 1. The minimum Gasteiger partial charge on any atom is -0.378 e. The summed E-state index contributed by atoms with van der Waals surface area (Å²) in [6.07, 6.45) is 5.88. The van der Waals surface area contributed by atoms with Crippen molar-refractivity contribution in [3.63, 3.8) is 0 Å². The zero-order valence-corrected chi connectivity index (χ0v) is 15.0.